The van der Waals surface area contributed by atoms with E-state index in [1.54, 1.807) is 0 Å². The second-order valence-electron chi connectivity index (χ2n) is 7.03. The van der Waals surface area contributed by atoms with Crippen LogP contribution in [0.1, 0.15) is 50.0 Å². The summed E-state index contributed by atoms with van der Waals surface area (Å²) >= 11 is 0. The standard InChI is InChI=1S/C17H25BFNO3/c1-10(2)5-12(11(3)4)8-20-17(21)14-6-13(19)7-16-15(14)9-23-18(16)22/h6-7,10-12,22H,5,8-9H2,1-4H3,(H,20,21). The molecule has 1 amide bonds. The monoisotopic (exact) mass is 321 g/mol. The molecule has 126 valence electrons. The second-order valence-corrected chi connectivity index (χ2v) is 7.03. The van der Waals surface area contributed by atoms with Crippen LogP contribution < -0.4 is 10.8 Å². The number of rotatable bonds is 6. The quantitative estimate of drug-likeness (QED) is 0.789. The van der Waals surface area contributed by atoms with Crippen molar-refractivity contribution in [1.82, 2.24) is 5.32 Å². The van der Waals surface area contributed by atoms with Crippen LogP contribution in [0.3, 0.4) is 0 Å². The number of benzene rings is 1. The lowest BCUT2D eigenvalue weighted by Crippen LogP contribution is -2.34. The molecule has 23 heavy (non-hydrogen) atoms. The molecular weight excluding hydrogens is 296 g/mol. The van der Waals surface area contributed by atoms with Crippen LogP contribution >= 0.6 is 0 Å². The van der Waals surface area contributed by atoms with Crippen molar-refractivity contribution >= 4 is 18.5 Å². The van der Waals surface area contributed by atoms with E-state index >= 15 is 0 Å². The molecule has 0 spiro atoms. The van der Waals surface area contributed by atoms with Crippen LogP contribution in [-0.4, -0.2) is 24.6 Å². The Kier molecular flexibility index (Phi) is 5.81. The van der Waals surface area contributed by atoms with Gasteiger partial charge >= 0.3 is 7.12 Å². The van der Waals surface area contributed by atoms with Gasteiger partial charge in [0.1, 0.15) is 5.82 Å². The zero-order valence-electron chi connectivity index (χ0n) is 14.2. The number of carbonyl (C=O) groups is 1. The lowest BCUT2D eigenvalue weighted by atomic mass is 9.78. The first-order valence-corrected chi connectivity index (χ1v) is 8.19. The molecule has 0 aromatic heterocycles. The van der Waals surface area contributed by atoms with Crippen LogP contribution in [0.4, 0.5) is 4.39 Å². The highest BCUT2D eigenvalue weighted by Crippen LogP contribution is 2.20. The molecule has 1 unspecified atom stereocenters. The largest absolute Gasteiger partial charge is 0.491 e. The van der Waals surface area contributed by atoms with Gasteiger partial charge in [0.2, 0.25) is 0 Å². The van der Waals surface area contributed by atoms with Gasteiger partial charge < -0.3 is 15.0 Å². The van der Waals surface area contributed by atoms with Crippen molar-refractivity contribution < 1.29 is 18.9 Å². The first kappa shape index (κ1) is 18.0. The Morgan fingerprint density at radius 3 is 2.70 bits per heavy atom. The summed E-state index contributed by atoms with van der Waals surface area (Å²) in [5.74, 6) is 0.540. The molecule has 1 aliphatic rings. The number of fused-ring (bicyclic) bond motifs is 1. The topological polar surface area (TPSA) is 58.6 Å². The van der Waals surface area contributed by atoms with Crippen molar-refractivity contribution in [2.24, 2.45) is 17.8 Å². The van der Waals surface area contributed by atoms with Gasteiger partial charge in [0.15, 0.2) is 0 Å². The summed E-state index contributed by atoms with van der Waals surface area (Å²) in [6.07, 6.45) is 1.03. The maximum atomic E-state index is 13.7. The summed E-state index contributed by atoms with van der Waals surface area (Å²) in [6.45, 7) is 9.29. The summed E-state index contributed by atoms with van der Waals surface area (Å²) in [5.41, 5.74) is 1.17. The van der Waals surface area contributed by atoms with Crippen LogP contribution in [0, 0.1) is 23.6 Å². The van der Waals surface area contributed by atoms with E-state index in [-0.39, 0.29) is 18.1 Å². The van der Waals surface area contributed by atoms with E-state index in [9.17, 15) is 14.2 Å². The summed E-state index contributed by atoms with van der Waals surface area (Å²) in [4.78, 5) is 12.5. The highest BCUT2D eigenvalue weighted by Gasteiger charge is 2.32. The summed E-state index contributed by atoms with van der Waals surface area (Å²) in [6, 6.07) is 2.43. The molecule has 0 saturated heterocycles. The van der Waals surface area contributed by atoms with E-state index in [0.29, 0.717) is 35.3 Å². The fourth-order valence-corrected chi connectivity index (χ4v) is 3.01. The maximum Gasteiger partial charge on any atom is 0.491 e. The lowest BCUT2D eigenvalue weighted by Gasteiger charge is -2.23. The number of carbonyl (C=O) groups excluding carboxylic acids is 1. The number of amides is 1. The molecule has 6 heteroatoms. The van der Waals surface area contributed by atoms with Crippen LogP contribution in [0.2, 0.25) is 0 Å². The molecule has 0 bridgehead atoms. The normalized spacial score (nSPS) is 15.2. The molecule has 2 N–H and O–H groups in total. The zero-order valence-corrected chi connectivity index (χ0v) is 14.2. The molecule has 0 aliphatic carbocycles. The highest BCUT2D eigenvalue weighted by molar-refractivity contribution is 6.61. The number of halogens is 1. The molecule has 0 fully saturated rings. The average Bonchev–Trinajstić information content (AvgIpc) is 2.83. The first-order valence-electron chi connectivity index (χ1n) is 8.19. The minimum absolute atomic E-state index is 0.124. The van der Waals surface area contributed by atoms with Crippen LogP contribution in [0.5, 0.6) is 0 Å². The van der Waals surface area contributed by atoms with E-state index in [4.69, 9.17) is 4.65 Å². The molecule has 2 rings (SSSR count). The Labute approximate surface area is 137 Å². The summed E-state index contributed by atoms with van der Waals surface area (Å²) < 4.78 is 18.8. The van der Waals surface area contributed by atoms with Gasteiger partial charge in [-0.05, 0) is 47.3 Å². The van der Waals surface area contributed by atoms with E-state index in [1.165, 1.54) is 12.1 Å². The molecule has 0 saturated carbocycles. The van der Waals surface area contributed by atoms with E-state index in [1.807, 2.05) is 0 Å². The van der Waals surface area contributed by atoms with E-state index < -0.39 is 12.9 Å². The highest BCUT2D eigenvalue weighted by atomic mass is 19.1. The van der Waals surface area contributed by atoms with Gasteiger partial charge in [-0.15, -0.1) is 0 Å². The van der Waals surface area contributed by atoms with E-state index in [2.05, 4.69) is 33.0 Å². The second kappa shape index (κ2) is 7.45. The molecule has 4 nitrogen and oxygen atoms in total. The van der Waals surface area contributed by atoms with Gasteiger partial charge in [-0.2, -0.15) is 0 Å². The third-order valence-electron chi connectivity index (χ3n) is 4.39. The van der Waals surface area contributed by atoms with Crippen molar-refractivity contribution in [3.05, 3.63) is 29.1 Å². The Bertz CT molecular complexity index is 577. The van der Waals surface area contributed by atoms with Gasteiger partial charge in [0.25, 0.3) is 5.91 Å². The summed E-state index contributed by atoms with van der Waals surface area (Å²) in [5, 5.41) is 12.6. The number of hydrogen-bond acceptors (Lipinski definition) is 3. The van der Waals surface area contributed by atoms with Crippen molar-refractivity contribution in [2.75, 3.05) is 6.54 Å². The minimum Gasteiger partial charge on any atom is -0.423 e. The Balaban J connectivity index is 2.11. The van der Waals surface area contributed by atoms with Gasteiger partial charge in [-0.3, -0.25) is 4.79 Å². The van der Waals surface area contributed by atoms with Gasteiger partial charge in [0, 0.05) is 12.1 Å². The zero-order chi connectivity index (χ0) is 17.1. The Hall–Kier alpha value is -1.40. The van der Waals surface area contributed by atoms with Crippen molar-refractivity contribution in [1.29, 1.82) is 0 Å². The predicted molar refractivity (Wildman–Crippen MR) is 88.9 cm³/mol. The van der Waals surface area contributed by atoms with Crippen LogP contribution in [-0.2, 0) is 11.3 Å². The average molecular weight is 321 g/mol. The van der Waals surface area contributed by atoms with Crippen LogP contribution in [0.15, 0.2) is 12.1 Å². The van der Waals surface area contributed by atoms with Gasteiger partial charge in [0.05, 0.1) is 6.61 Å². The minimum atomic E-state index is -1.16. The third kappa shape index (κ3) is 4.33. The molecule has 1 heterocycles. The van der Waals surface area contributed by atoms with Gasteiger partial charge in [-0.1, -0.05) is 27.7 Å². The summed E-state index contributed by atoms with van der Waals surface area (Å²) in [7, 11) is -1.16. The Morgan fingerprint density at radius 1 is 1.39 bits per heavy atom. The number of nitrogens with one attached hydrogen (secondary N) is 1. The van der Waals surface area contributed by atoms with E-state index in [0.717, 1.165) is 6.42 Å². The maximum absolute atomic E-state index is 13.7. The van der Waals surface area contributed by atoms with Crippen LogP contribution in [0.25, 0.3) is 0 Å². The smallest absolute Gasteiger partial charge is 0.423 e. The van der Waals surface area contributed by atoms with Gasteiger partial charge in [-0.25, -0.2) is 4.39 Å². The predicted octanol–water partition coefficient (Wildman–Crippen LogP) is 2.09. The number of hydrogen-bond donors (Lipinski definition) is 2. The SMILES string of the molecule is CC(C)CC(CNC(=O)c1cc(F)cc2c1COB2O)C(C)C. The molecule has 1 atom stereocenters. The molecular formula is C17H25BFNO3. The lowest BCUT2D eigenvalue weighted by molar-refractivity contribution is 0.0937. The fraction of sp³-hybridized carbons (Fsp3) is 0.588. The molecule has 1 aromatic carbocycles. The van der Waals surface area contributed by atoms with Crippen molar-refractivity contribution in [2.45, 2.75) is 40.7 Å². The van der Waals surface area contributed by atoms with Crippen molar-refractivity contribution in [3.8, 4) is 0 Å². The Morgan fingerprint density at radius 2 is 2.09 bits per heavy atom. The molecule has 0 radical (unpaired) electrons. The fourth-order valence-electron chi connectivity index (χ4n) is 3.01. The van der Waals surface area contributed by atoms with Crippen molar-refractivity contribution in [3.63, 3.8) is 0 Å². The molecule has 1 aromatic rings. The first-order chi connectivity index (χ1) is 10.8. The third-order valence-corrected chi connectivity index (χ3v) is 4.39. The molecule has 1 aliphatic heterocycles.